The van der Waals surface area contributed by atoms with Crippen molar-refractivity contribution in [2.45, 2.75) is 61.4 Å². The van der Waals surface area contributed by atoms with Crippen LogP contribution in [0.5, 0.6) is 5.75 Å². The Kier molecular flexibility index (Phi) is 6.55. The molecule has 2 fully saturated rings. The predicted octanol–water partition coefficient (Wildman–Crippen LogP) is 6.78. The van der Waals surface area contributed by atoms with Gasteiger partial charge in [-0.1, -0.05) is 61.0 Å². The van der Waals surface area contributed by atoms with Crippen LogP contribution in [0.4, 0.5) is 8.78 Å². The smallest absolute Gasteiger partial charge is 0.278 e. The highest BCUT2D eigenvalue weighted by Crippen LogP contribution is 2.57. The lowest BCUT2D eigenvalue weighted by Crippen LogP contribution is -2.63. The first kappa shape index (κ1) is 27.4. The van der Waals surface area contributed by atoms with E-state index in [0.717, 1.165) is 28.9 Å². The van der Waals surface area contributed by atoms with Crippen LogP contribution < -0.4 is 15.2 Å². The standard InChI is InChI=1S/C35H31F2N3O3S/c36-27-12-11-24-26(30(27)37)20-44-29-10-5-4-9-25(29)31(24)40-21-38(23-17-35(18-23)14-6-15-35)34(42)32-33(28(41)13-16-39(32)40)43-19-22-7-2-1-3-8-22/h1-5,7-13,16,23,31H,6,14-15,17-21H2/t31-/m0/s1. The van der Waals surface area contributed by atoms with Crippen molar-refractivity contribution >= 4 is 17.7 Å². The van der Waals surface area contributed by atoms with Gasteiger partial charge in [0.15, 0.2) is 23.1 Å². The van der Waals surface area contributed by atoms with Crippen molar-refractivity contribution in [3.63, 3.8) is 0 Å². The number of benzene rings is 3. The molecule has 6 nitrogen and oxygen atoms in total. The number of hydrogen-bond donors (Lipinski definition) is 0. The maximum atomic E-state index is 15.4. The van der Waals surface area contributed by atoms with Crippen LogP contribution in [0.15, 0.2) is 88.7 Å². The number of ether oxygens (including phenoxy) is 1. The Labute approximate surface area is 258 Å². The molecule has 1 aromatic heterocycles. The largest absolute Gasteiger partial charge is 0.482 e. The number of rotatable bonds is 5. The van der Waals surface area contributed by atoms with E-state index in [4.69, 9.17) is 4.74 Å². The van der Waals surface area contributed by atoms with E-state index in [2.05, 4.69) is 0 Å². The maximum Gasteiger partial charge on any atom is 0.278 e. The molecule has 4 aliphatic rings. The minimum atomic E-state index is -0.884. The molecule has 9 heteroatoms. The van der Waals surface area contributed by atoms with Crippen LogP contribution in [0.3, 0.4) is 0 Å². The molecule has 1 amide bonds. The summed E-state index contributed by atoms with van der Waals surface area (Å²) < 4.78 is 37.9. The van der Waals surface area contributed by atoms with Gasteiger partial charge in [-0.15, -0.1) is 11.8 Å². The Morgan fingerprint density at radius 1 is 0.909 bits per heavy atom. The molecule has 1 spiro atoms. The Morgan fingerprint density at radius 3 is 2.45 bits per heavy atom. The number of fused-ring (bicyclic) bond motifs is 3. The summed E-state index contributed by atoms with van der Waals surface area (Å²) in [7, 11) is 0. The third-order valence-corrected chi connectivity index (χ3v) is 11.0. The number of aromatic nitrogens is 1. The SMILES string of the molecule is O=C1c2c(OCc3ccccc3)c(=O)ccn2N([C@@H]2c3ccccc3SCc3c2ccc(F)c3F)CN1C1CC2(CCC2)C1. The number of nitrogens with zero attached hydrogens (tertiary/aromatic N) is 3. The Hall–Kier alpha value is -4.11. The molecule has 0 saturated heterocycles. The van der Waals surface area contributed by atoms with Crippen molar-refractivity contribution in [3.05, 3.63) is 129 Å². The zero-order valence-electron chi connectivity index (χ0n) is 24.0. The van der Waals surface area contributed by atoms with Gasteiger partial charge in [0.25, 0.3) is 5.91 Å². The number of halogens is 2. The van der Waals surface area contributed by atoms with Crippen LogP contribution in [0.1, 0.15) is 70.9 Å². The molecule has 0 radical (unpaired) electrons. The van der Waals surface area contributed by atoms with E-state index in [1.165, 1.54) is 43.2 Å². The second-order valence-electron chi connectivity index (χ2n) is 12.4. The maximum absolute atomic E-state index is 15.4. The zero-order chi connectivity index (χ0) is 30.0. The number of hydrogen-bond acceptors (Lipinski definition) is 5. The van der Waals surface area contributed by atoms with Crippen molar-refractivity contribution in [1.29, 1.82) is 0 Å². The van der Waals surface area contributed by atoms with E-state index in [1.807, 2.05) is 64.5 Å². The minimum Gasteiger partial charge on any atom is -0.482 e. The molecule has 0 bridgehead atoms. The third-order valence-electron chi connectivity index (χ3n) is 9.90. The number of pyridine rings is 1. The molecule has 3 heterocycles. The summed E-state index contributed by atoms with van der Waals surface area (Å²) in [4.78, 5) is 30.6. The van der Waals surface area contributed by atoms with Crippen LogP contribution >= 0.6 is 11.8 Å². The average molecular weight is 612 g/mol. The van der Waals surface area contributed by atoms with E-state index >= 15 is 4.39 Å². The summed E-state index contributed by atoms with van der Waals surface area (Å²) >= 11 is 1.47. The van der Waals surface area contributed by atoms with Crippen molar-refractivity contribution < 1.29 is 18.3 Å². The monoisotopic (exact) mass is 611 g/mol. The highest BCUT2D eigenvalue weighted by Gasteiger charge is 2.53. The van der Waals surface area contributed by atoms with Crippen LogP contribution in [-0.2, 0) is 12.4 Å². The summed E-state index contributed by atoms with van der Waals surface area (Å²) in [5.74, 6) is -1.71. The van der Waals surface area contributed by atoms with Gasteiger partial charge in [0, 0.05) is 34.5 Å². The predicted molar refractivity (Wildman–Crippen MR) is 164 cm³/mol. The average Bonchev–Trinajstić information content (AvgIpc) is 3.16. The van der Waals surface area contributed by atoms with E-state index in [9.17, 15) is 14.0 Å². The van der Waals surface area contributed by atoms with E-state index < -0.39 is 17.7 Å². The van der Waals surface area contributed by atoms with Crippen molar-refractivity contribution in [2.24, 2.45) is 5.41 Å². The normalized spacial score (nSPS) is 20.2. The summed E-state index contributed by atoms with van der Waals surface area (Å²) in [6.07, 6.45) is 7.05. The van der Waals surface area contributed by atoms with E-state index in [-0.39, 0.29) is 47.8 Å². The Balaban J connectivity index is 1.29. The number of thioether (sulfide) groups is 1. The van der Waals surface area contributed by atoms with Gasteiger partial charge in [0.05, 0.1) is 6.04 Å². The minimum absolute atomic E-state index is 0.00414. The quantitative estimate of drug-likeness (QED) is 0.249. The van der Waals surface area contributed by atoms with Gasteiger partial charge in [0.2, 0.25) is 5.43 Å². The lowest BCUT2D eigenvalue weighted by Gasteiger charge is -2.58. The Morgan fingerprint density at radius 2 is 1.68 bits per heavy atom. The molecule has 8 rings (SSSR count). The fourth-order valence-electron chi connectivity index (χ4n) is 7.43. The van der Waals surface area contributed by atoms with Crippen molar-refractivity contribution in [1.82, 2.24) is 9.58 Å². The number of amides is 1. The molecule has 3 aromatic carbocycles. The first-order chi connectivity index (χ1) is 21.4. The first-order valence-corrected chi connectivity index (χ1v) is 16.1. The summed E-state index contributed by atoms with van der Waals surface area (Å²) in [6.45, 7) is 0.360. The molecule has 2 saturated carbocycles. The molecular weight excluding hydrogens is 580 g/mol. The fourth-order valence-corrected chi connectivity index (χ4v) is 8.55. The van der Waals surface area contributed by atoms with Crippen LogP contribution in [-0.4, -0.2) is 28.2 Å². The molecular formula is C35H31F2N3O3S. The summed E-state index contributed by atoms with van der Waals surface area (Å²) in [5, 5.41) is 2.01. The molecule has 44 heavy (non-hydrogen) atoms. The summed E-state index contributed by atoms with van der Waals surface area (Å²) in [5.41, 5.74) is 2.84. The van der Waals surface area contributed by atoms with Gasteiger partial charge in [-0.05, 0) is 59.9 Å². The zero-order valence-corrected chi connectivity index (χ0v) is 24.9. The second-order valence-corrected chi connectivity index (χ2v) is 13.4. The van der Waals surface area contributed by atoms with Gasteiger partial charge in [0.1, 0.15) is 13.3 Å². The van der Waals surface area contributed by atoms with E-state index in [1.54, 1.807) is 16.9 Å². The molecule has 4 aromatic rings. The number of carbonyl (C=O) groups excluding carboxylic acids is 1. The van der Waals surface area contributed by atoms with Crippen LogP contribution in [0.2, 0.25) is 0 Å². The van der Waals surface area contributed by atoms with Gasteiger partial charge in [-0.25, -0.2) is 8.78 Å². The molecule has 224 valence electrons. The van der Waals surface area contributed by atoms with Gasteiger partial charge in [-0.3, -0.25) is 19.3 Å². The van der Waals surface area contributed by atoms with Crippen LogP contribution in [0, 0.1) is 17.0 Å². The topological polar surface area (TPSA) is 54.8 Å². The Bertz CT molecular complexity index is 1830. The van der Waals surface area contributed by atoms with Crippen molar-refractivity contribution in [3.8, 4) is 5.75 Å². The van der Waals surface area contributed by atoms with Crippen LogP contribution in [0.25, 0.3) is 0 Å². The summed E-state index contributed by atoms with van der Waals surface area (Å²) in [6, 6.07) is 21.1. The fraction of sp³-hybridized carbons (Fsp3) is 0.314. The lowest BCUT2D eigenvalue weighted by molar-refractivity contribution is -0.0498. The lowest BCUT2D eigenvalue weighted by atomic mass is 9.54. The van der Waals surface area contributed by atoms with Gasteiger partial charge in [-0.2, -0.15) is 0 Å². The van der Waals surface area contributed by atoms with Crippen molar-refractivity contribution in [2.75, 3.05) is 11.7 Å². The van der Waals surface area contributed by atoms with Gasteiger partial charge >= 0.3 is 0 Å². The highest BCUT2D eigenvalue weighted by molar-refractivity contribution is 7.98. The highest BCUT2D eigenvalue weighted by atomic mass is 32.2. The second kappa shape index (κ2) is 10.5. The molecule has 0 N–H and O–H groups in total. The van der Waals surface area contributed by atoms with E-state index in [0.29, 0.717) is 16.5 Å². The first-order valence-electron chi connectivity index (χ1n) is 15.1. The van der Waals surface area contributed by atoms with Gasteiger partial charge < -0.3 is 9.64 Å². The third kappa shape index (κ3) is 4.35. The molecule has 1 atom stereocenters. The molecule has 2 aliphatic heterocycles. The molecule has 2 aliphatic carbocycles. The number of carbonyl (C=O) groups is 1. The molecule has 0 unspecified atom stereocenters.